The maximum absolute atomic E-state index is 11.7. The zero-order valence-corrected chi connectivity index (χ0v) is 8.52. The van der Waals surface area contributed by atoms with Gasteiger partial charge in [-0.2, -0.15) is 0 Å². The molecule has 0 atom stereocenters. The summed E-state index contributed by atoms with van der Waals surface area (Å²) in [7, 11) is 3.16. The second-order valence-electron chi connectivity index (χ2n) is 3.34. The lowest BCUT2D eigenvalue weighted by Gasteiger charge is -2.06. The van der Waals surface area contributed by atoms with Crippen molar-refractivity contribution in [3.05, 3.63) is 34.7 Å². The molecule has 0 amide bonds. The van der Waals surface area contributed by atoms with Crippen LogP contribution in [-0.2, 0) is 7.05 Å². The highest BCUT2D eigenvalue weighted by molar-refractivity contribution is 5.88. The van der Waals surface area contributed by atoms with Crippen LogP contribution in [0, 0.1) is 0 Å². The molecule has 0 bridgehead atoms. The highest BCUT2D eigenvalue weighted by atomic mass is 16.5. The molecule has 0 aliphatic carbocycles. The van der Waals surface area contributed by atoms with Crippen LogP contribution in [0.3, 0.4) is 0 Å². The largest absolute Gasteiger partial charge is 0.507 e. The van der Waals surface area contributed by atoms with Gasteiger partial charge in [-0.15, -0.1) is 0 Å². The van der Waals surface area contributed by atoms with Crippen molar-refractivity contribution in [3.63, 3.8) is 0 Å². The van der Waals surface area contributed by atoms with Crippen LogP contribution in [0.2, 0.25) is 0 Å². The molecule has 1 aromatic heterocycles. The zero-order valence-electron chi connectivity index (χ0n) is 8.52. The number of aromatic nitrogens is 1. The van der Waals surface area contributed by atoms with Crippen LogP contribution in [0.5, 0.6) is 11.5 Å². The average Bonchev–Trinajstić information content (AvgIpc) is 2.23. The third-order valence-corrected chi connectivity index (χ3v) is 2.37. The first-order valence-electron chi connectivity index (χ1n) is 4.50. The van der Waals surface area contributed by atoms with Gasteiger partial charge in [0.1, 0.15) is 11.5 Å². The van der Waals surface area contributed by atoms with Gasteiger partial charge in [0.25, 0.3) is 5.56 Å². The fraction of sp³-hybridized carbons (Fsp3) is 0.182. The van der Waals surface area contributed by atoms with Gasteiger partial charge in [-0.25, -0.2) is 0 Å². The topological polar surface area (TPSA) is 51.5 Å². The third-order valence-electron chi connectivity index (χ3n) is 2.37. The molecule has 4 heteroatoms. The Morgan fingerprint density at radius 2 is 2.13 bits per heavy atom. The number of aromatic hydroxyl groups is 1. The number of hydrogen-bond acceptors (Lipinski definition) is 3. The fourth-order valence-electron chi connectivity index (χ4n) is 1.54. The van der Waals surface area contributed by atoms with Crippen molar-refractivity contribution in [2.75, 3.05) is 7.11 Å². The van der Waals surface area contributed by atoms with Gasteiger partial charge in [-0.05, 0) is 17.5 Å². The summed E-state index contributed by atoms with van der Waals surface area (Å²) in [5.41, 5.74) is -0.215. The van der Waals surface area contributed by atoms with Crippen molar-refractivity contribution >= 4 is 10.8 Å². The van der Waals surface area contributed by atoms with Crippen molar-refractivity contribution < 1.29 is 9.84 Å². The maximum atomic E-state index is 11.7. The predicted octanol–water partition coefficient (Wildman–Crippen LogP) is 1.25. The summed E-state index contributed by atoms with van der Waals surface area (Å²) >= 11 is 0. The molecule has 2 rings (SSSR count). The molecule has 2 aromatic rings. The van der Waals surface area contributed by atoms with E-state index in [4.69, 9.17) is 4.74 Å². The lowest BCUT2D eigenvalue weighted by atomic mass is 10.1. The molecule has 0 fully saturated rings. The summed E-state index contributed by atoms with van der Waals surface area (Å²) in [5.74, 6) is 0.485. The third kappa shape index (κ3) is 1.44. The van der Waals surface area contributed by atoms with Crippen molar-refractivity contribution in [1.82, 2.24) is 4.57 Å². The zero-order chi connectivity index (χ0) is 11.0. The minimum absolute atomic E-state index is 0.0504. The van der Waals surface area contributed by atoms with Crippen LogP contribution in [0.15, 0.2) is 29.2 Å². The summed E-state index contributed by atoms with van der Waals surface area (Å²) in [6, 6.07) is 4.92. The average molecular weight is 205 g/mol. The SMILES string of the molecule is COc1cc(O)c2c(=O)n(C)ccc2c1. The van der Waals surface area contributed by atoms with E-state index < -0.39 is 0 Å². The molecular weight excluding hydrogens is 194 g/mol. The second kappa shape index (κ2) is 3.31. The van der Waals surface area contributed by atoms with Crippen molar-refractivity contribution in [2.24, 2.45) is 7.05 Å². The van der Waals surface area contributed by atoms with E-state index in [1.807, 2.05) is 0 Å². The van der Waals surface area contributed by atoms with E-state index in [2.05, 4.69) is 0 Å². The number of phenolic OH excluding ortho intramolecular Hbond substituents is 1. The molecule has 1 N–H and O–H groups in total. The van der Waals surface area contributed by atoms with E-state index in [9.17, 15) is 9.90 Å². The molecule has 0 aliphatic heterocycles. The molecule has 1 aromatic carbocycles. The van der Waals surface area contributed by atoms with Gasteiger partial charge >= 0.3 is 0 Å². The predicted molar refractivity (Wildman–Crippen MR) is 57.4 cm³/mol. The van der Waals surface area contributed by atoms with Crippen LogP contribution < -0.4 is 10.3 Å². The Bertz CT molecular complexity index is 572. The molecule has 4 nitrogen and oxygen atoms in total. The Kier molecular flexibility index (Phi) is 2.11. The number of fused-ring (bicyclic) bond motifs is 1. The van der Waals surface area contributed by atoms with Gasteiger partial charge in [0.2, 0.25) is 0 Å². The van der Waals surface area contributed by atoms with Crippen molar-refractivity contribution in [3.8, 4) is 11.5 Å². The Balaban J connectivity index is 2.92. The number of phenols is 1. The van der Waals surface area contributed by atoms with E-state index in [0.29, 0.717) is 16.5 Å². The smallest absolute Gasteiger partial charge is 0.261 e. The number of nitrogens with zero attached hydrogens (tertiary/aromatic N) is 1. The van der Waals surface area contributed by atoms with Crippen molar-refractivity contribution in [2.45, 2.75) is 0 Å². The van der Waals surface area contributed by atoms with E-state index in [0.717, 1.165) is 0 Å². The lowest BCUT2D eigenvalue weighted by Crippen LogP contribution is -2.15. The molecule has 0 spiro atoms. The summed E-state index contributed by atoms with van der Waals surface area (Å²) in [4.78, 5) is 11.7. The van der Waals surface area contributed by atoms with E-state index >= 15 is 0 Å². The number of rotatable bonds is 1. The van der Waals surface area contributed by atoms with Crippen LogP contribution >= 0.6 is 0 Å². The highest BCUT2D eigenvalue weighted by Crippen LogP contribution is 2.27. The fourth-order valence-corrected chi connectivity index (χ4v) is 1.54. The molecule has 0 radical (unpaired) electrons. The summed E-state index contributed by atoms with van der Waals surface area (Å²) in [6.07, 6.45) is 1.66. The second-order valence-corrected chi connectivity index (χ2v) is 3.34. The number of methoxy groups -OCH3 is 1. The monoisotopic (exact) mass is 205 g/mol. The Morgan fingerprint density at radius 1 is 1.40 bits per heavy atom. The van der Waals surface area contributed by atoms with Gasteiger partial charge < -0.3 is 14.4 Å². The van der Waals surface area contributed by atoms with Crippen molar-refractivity contribution in [1.29, 1.82) is 0 Å². The summed E-state index contributed by atoms with van der Waals surface area (Å²) in [6.45, 7) is 0. The minimum Gasteiger partial charge on any atom is -0.507 e. The first-order chi connectivity index (χ1) is 7.13. The highest BCUT2D eigenvalue weighted by Gasteiger charge is 2.07. The van der Waals surface area contributed by atoms with Gasteiger partial charge in [0.05, 0.1) is 12.5 Å². The molecule has 15 heavy (non-hydrogen) atoms. The van der Waals surface area contributed by atoms with Crippen LogP contribution in [0.4, 0.5) is 0 Å². The first kappa shape index (κ1) is 9.58. The number of hydrogen-bond donors (Lipinski definition) is 1. The minimum atomic E-state index is -0.215. The van der Waals surface area contributed by atoms with Gasteiger partial charge in [0.15, 0.2) is 0 Å². The molecular formula is C11H11NO3. The molecule has 78 valence electrons. The Morgan fingerprint density at radius 3 is 2.80 bits per heavy atom. The molecule has 0 saturated carbocycles. The maximum Gasteiger partial charge on any atom is 0.261 e. The van der Waals surface area contributed by atoms with E-state index in [-0.39, 0.29) is 11.3 Å². The standard InChI is InChI=1S/C11H11NO3/c1-12-4-3-7-5-8(15-2)6-9(13)10(7)11(12)14/h3-6,13H,1-2H3. The number of benzene rings is 1. The van der Waals surface area contributed by atoms with E-state index in [1.165, 1.54) is 17.7 Å². The normalized spacial score (nSPS) is 10.5. The molecule has 0 unspecified atom stereocenters. The quantitative estimate of drug-likeness (QED) is 0.762. The van der Waals surface area contributed by atoms with E-state index in [1.54, 1.807) is 25.4 Å². The van der Waals surface area contributed by atoms with Gasteiger partial charge in [-0.1, -0.05) is 0 Å². The van der Waals surface area contributed by atoms with Crippen LogP contribution in [0.1, 0.15) is 0 Å². The van der Waals surface area contributed by atoms with Crippen LogP contribution in [0.25, 0.3) is 10.8 Å². The summed E-state index contributed by atoms with van der Waals surface area (Å²) in [5, 5.41) is 10.7. The lowest BCUT2D eigenvalue weighted by molar-refractivity contribution is 0.409. The first-order valence-corrected chi connectivity index (χ1v) is 4.50. The molecule has 0 aliphatic rings. The number of aryl methyl sites for hydroxylation is 1. The molecule has 1 heterocycles. The van der Waals surface area contributed by atoms with Crippen LogP contribution in [-0.4, -0.2) is 16.8 Å². The van der Waals surface area contributed by atoms with Gasteiger partial charge in [0, 0.05) is 19.3 Å². The Labute approximate surface area is 86.3 Å². The summed E-state index contributed by atoms with van der Waals surface area (Å²) < 4.78 is 6.43. The van der Waals surface area contributed by atoms with Gasteiger partial charge in [-0.3, -0.25) is 4.79 Å². The number of pyridine rings is 1. The number of ether oxygens (including phenoxy) is 1. The Hall–Kier alpha value is -1.97. The molecule has 0 saturated heterocycles.